The van der Waals surface area contributed by atoms with Crippen LogP contribution >= 0.6 is 0 Å². The van der Waals surface area contributed by atoms with Gasteiger partial charge in [0.1, 0.15) is 0 Å². The van der Waals surface area contributed by atoms with Crippen molar-refractivity contribution in [3.05, 3.63) is 0 Å². The molecular weight excluding hydrogens is 234 g/mol. The lowest BCUT2D eigenvalue weighted by atomic mass is 9.83. The zero-order valence-electron chi connectivity index (χ0n) is 13.0. The first-order valence-electron chi connectivity index (χ1n) is 8.32. The SMILES string of the molecule is CC(C)CN1CCC(CC2CCN(CN)CC2)CC1. The van der Waals surface area contributed by atoms with Crippen LogP contribution in [0.4, 0.5) is 0 Å². The normalized spacial score (nSPS) is 25.3. The topological polar surface area (TPSA) is 32.5 Å². The fourth-order valence-corrected chi connectivity index (χ4v) is 3.80. The zero-order chi connectivity index (χ0) is 13.7. The molecule has 0 aromatic heterocycles. The van der Waals surface area contributed by atoms with Gasteiger partial charge in [0.05, 0.1) is 0 Å². The van der Waals surface area contributed by atoms with Crippen LogP contribution in [0.5, 0.6) is 0 Å². The van der Waals surface area contributed by atoms with E-state index in [1.54, 1.807) is 0 Å². The summed E-state index contributed by atoms with van der Waals surface area (Å²) in [6.07, 6.45) is 7.11. The first kappa shape index (κ1) is 15.3. The van der Waals surface area contributed by atoms with Gasteiger partial charge in [0.15, 0.2) is 0 Å². The summed E-state index contributed by atoms with van der Waals surface area (Å²) in [5, 5.41) is 0. The minimum absolute atomic E-state index is 0.750. The van der Waals surface area contributed by atoms with Gasteiger partial charge < -0.3 is 10.6 Å². The van der Waals surface area contributed by atoms with Crippen molar-refractivity contribution in [1.29, 1.82) is 0 Å². The summed E-state index contributed by atoms with van der Waals surface area (Å²) in [6, 6.07) is 0. The van der Waals surface area contributed by atoms with Crippen LogP contribution in [-0.4, -0.2) is 49.2 Å². The summed E-state index contributed by atoms with van der Waals surface area (Å²) in [7, 11) is 0. The molecule has 2 rings (SSSR count). The summed E-state index contributed by atoms with van der Waals surface area (Å²) in [4.78, 5) is 5.06. The van der Waals surface area contributed by atoms with Crippen LogP contribution < -0.4 is 5.73 Å². The summed E-state index contributed by atoms with van der Waals surface area (Å²) >= 11 is 0. The van der Waals surface area contributed by atoms with Crippen LogP contribution in [0.1, 0.15) is 46.0 Å². The van der Waals surface area contributed by atoms with Crippen molar-refractivity contribution in [3.63, 3.8) is 0 Å². The van der Waals surface area contributed by atoms with Crippen molar-refractivity contribution in [2.45, 2.75) is 46.0 Å². The Morgan fingerprint density at radius 3 is 1.79 bits per heavy atom. The molecule has 0 unspecified atom stereocenters. The van der Waals surface area contributed by atoms with E-state index < -0.39 is 0 Å². The summed E-state index contributed by atoms with van der Waals surface area (Å²) < 4.78 is 0. The Balaban J connectivity index is 1.63. The molecule has 0 bridgehead atoms. The highest BCUT2D eigenvalue weighted by Gasteiger charge is 2.25. The van der Waals surface area contributed by atoms with Gasteiger partial charge in [0.2, 0.25) is 0 Å². The Kier molecular flexibility index (Phi) is 6.11. The molecule has 0 aromatic rings. The average molecular weight is 267 g/mol. The molecule has 2 heterocycles. The summed E-state index contributed by atoms with van der Waals surface area (Å²) in [5.41, 5.74) is 5.71. The molecule has 3 heteroatoms. The van der Waals surface area contributed by atoms with E-state index in [1.807, 2.05) is 0 Å². The molecular formula is C16H33N3. The Morgan fingerprint density at radius 1 is 0.895 bits per heavy atom. The van der Waals surface area contributed by atoms with Crippen molar-refractivity contribution in [2.24, 2.45) is 23.5 Å². The van der Waals surface area contributed by atoms with E-state index in [4.69, 9.17) is 5.73 Å². The zero-order valence-corrected chi connectivity index (χ0v) is 13.0. The molecule has 0 amide bonds. The quantitative estimate of drug-likeness (QED) is 0.830. The van der Waals surface area contributed by atoms with Crippen molar-refractivity contribution < 1.29 is 0 Å². The minimum atomic E-state index is 0.750. The van der Waals surface area contributed by atoms with Crippen molar-refractivity contribution >= 4 is 0 Å². The van der Waals surface area contributed by atoms with Gasteiger partial charge in [-0.25, -0.2) is 0 Å². The average Bonchev–Trinajstić information content (AvgIpc) is 2.41. The molecule has 2 aliphatic heterocycles. The molecule has 3 nitrogen and oxygen atoms in total. The Morgan fingerprint density at radius 2 is 1.37 bits per heavy atom. The second kappa shape index (κ2) is 7.61. The van der Waals surface area contributed by atoms with E-state index >= 15 is 0 Å². The third-order valence-electron chi connectivity index (χ3n) is 4.96. The number of hydrogen-bond donors (Lipinski definition) is 1. The first-order valence-corrected chi connectivity index (χ1v) is 8.32. The predicted octanol–water partition coefficient (Wildman–Crippen LogP) is 2.37. The Labute approximate surface area is 119 Å². The molecule has 0 saturated carbocycles. The Bertz CT molecular complexity index is 238. The highest BCUT2D eigenvalue weighted by atomic mass is 15.2. The van der Waals surface area contributed by atoms with Gasteiger partial charge in [-0.15, -0.1) is 0 Å². The molecule has 0 aliphatic carbocycles. The Hall–Kier alpha value is -0.120. The van der Waals surface area contributed by atoms with Crippen LogP contribution in [0.25, 0.3) is 0 Å². The second-order valence-electron chi connectivity index (χ2n) is 7.12. The van der Waals surface area contributed by atoms with E-state index in [0.29, 0.717) is 0 Å². The fourth-order valence-electron chi connectivity index (χ4n) is 3.80. The second-order valence-corrected chi connectivity index (χ2v) is 7.12. The third kappa shape index (κ3) is 5.05. The van der Waals surface area contributed by atoms with Crippen molar-refractivity contribution in [3.8, 4) is 0 Å². The molecule has 19 heavy (non-hydrogen) atoms. The summed E-state index contributed by atoms with van der Waals surface area (Å²) in [6.45, 7) is 11.8. The molecule has 0 atom stereocenters. The van der Waals surface area contributed by atoms with E-state index in [2.05, 4.69) is 23.6 Å². The van der Waals surface area contributed by atoms with Gasteiger partial charge in [-0.05, 0) is 76.0 Å². The molecule has 2 N–H and O–H groups in total. The van der Waals surface area contributed by atoms with Crippen LogP contribution in [0.15, 0.2) is 0 Å². The van der Waals surface area contributed by atoms with Crippen molar-refractivity contribution in [2.75, 3.05) is 39.4 Å². The smallest absolute Gasteiger partial charge is 0.0455 e. The standard InChI is InChI=1S/C16H33N3/c1-14(2)12-18-7-3-15(4-8-18)11-16-5-9-19(13-17)10-6-16/h14-16H,3-13,17H2,1-2H3. The van der Waals surface area contributed by atoms with Gasteiger partial charge in [0.25, 0.3) is 0 Å². The van der Waals surface area contributed by atoms with Gasteiger partial charge in [0, 0.05) is 13.2 Å². The molecule has 112 valence electrons. The molecule has 0 aromatic carbocycles. The number of likely N-dealkylation sites (tertiary alicyclic amines) is 2. The highest BCUT2D eigenvalue weighted by molar-refractivity contribution is 4.78. The van der Waals surface area contributed by atoms with E-state index in [1.165, 1.54) is 64.8 Å². The van der Waals surface area contributed by atoms with Crippen LogP contribution in [0.3, 0.4) is 0 Å². The van der Waals surface area contributed by atoms with Crippen LogP contribution in [0.2, 0.25) is 0 Å². The lowest BCUT2D eigenvalue weighted by Crippen LogP contribution is -2.39. The molecule has 2 fully saturated rings. The van der Waals surface area contributed by atoms with E-state index in [9.17, 15) is 0 Å². The van der Waals surface area contributed by atoms with E-state index in [-0.39, 0.29) is 0 Å². The van der Waals surface area contributed by atoms with Gasteiger partial charge in [-0.3, -0.25) is 4.90 Å². The fraction of sp³-hybridized carbons (Fsp3) is 1.00. The molecule has 0 radical (unpaired) electrons. The highest BCUT2D eigenvalue weighted by Crippen LogP contribution is 2.29. The molecule has 2 aliphatic rings. The number of rotatable bonds is 5. The third-order valence-corrected chi connectivity index (χ3v) is 4.96. The largest absolute Gasteiger partial charge is 0.318 e. The molecule has 2 saturated heterocycles. The van der Waals surface area contributed by atoms with Crippen LogP contribution in [-0.2, 0) is 0 Å². The number of nitrogens with zero attached hydrogens (tertiary/aromatic N) is 2. The lowest BCUT2D eigenvalue weighted by Gasteiger charge is -2.36. The maximum Gasteiger partial charge on any atom is 0.0455 e. The number of piperidine rings is 2. The predicted molar refractivity (Wildman–Crippen MR) is 82.0 cm³/mol. The van der Waals surface area contributed by atoms with Crippen LogP contribution in [0, 0.1) is 17.8 Å². The van der Waals surface area contributed by atoms with Crippen molar-refractivity contribution in [1.82, 2.24) is 9.80 Å². The molecule has 0 spiro atoms. The van der Waals surface area contributed by atoms with Gasteiger partial charge in [-0.2, -0.15) is 0 Å². The number of nitrogens with two attached hydrogens (primary N) is 1. The van der Waals surface area contributed by atoms with Gasteiger partial charge in [-0.1, -0.05) is 13.8 Å². The minimum Gasteiger partial charge on any atom is -0.318 e. The van der Waals surface area contributed by atoms with E-state index in [0.717, 1.165) is 24.4 Å². The maximum atomic E-state index is 5.71. The van der Waals surface area contributed by atoms with Gasteiger partial charge >= 0.3 is 0 Å². The maximum absolute atomic E-state index is 5.71. The monoisotopic (exact) mass is 267 g/mol. The lowest BCUT2D eigenvalue weighted by molar-refractivity contribution is 0.128. The summed E-state index contributed by atoms with van der Waals surface area (Å²) in [5.74, 6) is 2.79. The first-order chi connectivity index (χ1) is 9.17. The number of hydrogen-bond acceptors (Lipinski definition) is 3.